The van der Waals surface area contributed by atoms with Crippen molar-refractivity contribution in [1.29, 1.82) is 0 Å². The number of aliphatic hydroxyl groups excluding tert-OH is 1. The number of hydrogen-bond acceptors (Lipinski definition) is 2. The van der Waals surface area contributed by atoms with Crippen LogP contribution in [0.3, 0.4) is 0 Å². The molecule has 0 saturated carbocycles. The van der Waals surface area contributed by atoms with Crippen molar-refractivity contribution in [2.45, 2.75) is 0 Å². The maximum absolute atomic E-state index is 7.00. The Labute approximate surface area is 83.8 Å². The molecule has 14 heavy (non-hydrogen) atoms. The van der Waals surface area contributed by atoms with E-state index in [1.807, 2.05) is 24.3 Å². The summed E-state index contributed by atoms with van der Waals surface area (Å²) in [6, 6.07) is 14.2. The minimum atomic E-state index is 0.938. The smallest absolute Gasteiger partial charge is 0.126 e. The average Bonchev–Trinajstić information content (AvgIpc) is 2.31. The van der Waals surface area contributed by atoms with Gasteiger partial charge in [-0.3, -0.25) is 0 Å². The molecule has 74 valence electrons. The van der Waals surface area contributed by atoms with Gasteiger partial charge < -0.3 is 9.84 Å². The van der Waals surface area contributed by atoms with E-state index in [9.17, 15) is 0 Å². The summed E-state index contributed by atoms with van der Waals surface area (Å²) in [5.41, 5.74) is 0. The lowest BCUT2D eigenvalue weighted by Gasteiger charge is -2.03. The first-order valence-electron chi connectivity index (χ1n) is 4.38. The quantitative estimate of drug-likeness (QED) is 0.748. The highest BCUT2D eigenvalue weighted by Crippen LogP contribution is 2.24. The molecule has 2 aromatic rings. The van der Waals surface area contributed by atoms with Crippen LogP contribution in [0.1, 0.15) is 0 Å². The van der Waals surface area contributed by atoms with E-state index in [1.165, 1.54) is 10.8 Å². The van der Waals surface area contributed by atoms with Gasteiger partial charge in [0.25, 0.3) is 0 Å². The Morgan fingerprint density at radius 2 is 1.57 bits per heavy atom. The molecule has 0 amide bonds. The van der Waals surface area contributed by atoms with Crippen LogP contribution in [0.5, 0.6) is 5.75 Å². The molecule has 0 aliphatic rings. The zero-order valence-electron chi connectivity index (χ0n) is 8.40. The van der Waals surface area contributed by atoms with E-state index >= 15 is 0 Å². The number of fused-ring (bicyclic) bond motifs is 1. The van der Waals surface area contributed by atoms with Crippen LogP contribution in [0.4, 0.5) is 0 Å². The number of benzene rings is 2. The maximum atomic E-state index is 7.00. The van der Waals surface area contributed by atoms with E-state index in [2.05, 4.69) is 18.2 Å². The molecular formula is C12H14O2. The highest BCUT2D eigenvalue weighted by atomic mass is 16.5. The van der Waals surface area contributed by atoms with Crippen molar-refractivity contribution in [3.8, 4) is 5.75 Å². The monoisotopic (exact) mass is 190 g/mol. The molecule has 0 aliphatic carbocycles. The largest absolute Gasteiger partial charge is 0.496 e. The molecule has 0 fully saturated rings. The van der Waals surface area contributed by atoms with Crippen LogP contribution in [-0.4, -0.2) is 19.3 Å². The predicted molar refractivity (Wildman–Crippen MR) is 58.6 cm³/mol. The third-order valence-electron chi connectivity index (χ3n) is 1.97. The van der Waals surface area contributed by atoms with E-state index in [0.29, 0.717) is 0 Å². The molecule has 0 bridgehead atoms. The summed E-state index contributed by atoms with van der Waals surface area (Å²) < 4.78 is 5.23. The molecule has 2 nitrogen and oxygen atoms in total. The molecule has 0 aliphatic heterocycles. The van der Waals surface area contributed by atoms with Gasteiger partial charge in [-0.25, -0.2) is 0 Å². The fourth-order valence-electron chi connectivity index (χ4n) is 1.37. The molecule has 0 heterocycles. The van der Waals surface area contributed by atoms with Crippen molar-refractivity contribution in [3.63, 3.8) is 0 Å². The van der Waals surface area contributed by atoms with Gasteiger partial charge in [-0.1, -0.05) is 36.4 Å². The standard InChI is InChI=1S/C11H10O.CH4O/c1-12-11-8-4-6-9-5-2-3-7-10(9)11;1-2/h2-8H,1H3;2H,1H3. The minimum absolute atomic E-state index is 0.938. The summed E-state index contributed by atoms with van der Waals surface area (Å²) in [5.74, 6) is 0.938. The lowest BCUT2D eigenvalue weighted by atomic mass is 10.1. The molecule has 2 heteroatoms. The topological polar surface area (TPSA) is 29.5 Å². The Balaban J connectivity index is 0.000000461. The fourth-order valence-corrected chi connectivity index (χ4v) is 1.37. The lowest BCUT2D eigenvalue weighted by Crippen LogP contribution is -1.83. The molecule has 0 atom stereocenters. The molecule has 2 rings (SSSR count). The molecule has 0 radical (unpaired) electrons. The SMILES string of the molecule is CO.COc1cccc2ccccc12. The summed E-state index contributed by atoms with van der Waals surface area (Å²) in [6.07, 6.45) is 0. The Hall–Kier alpha value is -1.54. The van der Waals surface area contributed by atoms with Gasteiger partial charge in [-0.15, -0.1) is 0 Å². The summed E-state index contributed by atoms with van der Waals surface area (Å²) >= 11 is 0. The summed E-state index contributed by atoms with van der Waals surface area (Å²) in [5, 5.41) is 9.39. The van der Waals surface area contributed by atoms with Crippen LogP contribution in [0, 0.1) is 0 Å². The van der Waals surface area contributed by atoms with Crippen molar-refractivity contribution < 1.29 is 9.84 Å². The van der Waals surface area contributed by atoms with Crippen LogP contribution in [-0.2, 0) is 0 Å². The second-order valence-electron chi connectivity index (χ2n) is 2.68. The fraction of sp³-hybridized carbons (Fsp3) is 0.167. The molecular weight excluding hydrogens is 176 g/mol. The molecule has 0 aromatic heterocycles. The maximum Gasteiger partial charge on any atom is 0.126 e. The molecule has 0 unspecified atom stereocenters. The number of aliphatic hydroxyl groups is 1. The van der Waals surface area contributed by atoms with Crippen LogP contribution in [0.2, 0.25) is 0 Å². The number of hydrogen-bond donors (Lipinski definition) is 1. The Bertz CT molecular complexity index is 391. The van der Waals surface area contributed by atoms with Gasteiger partial charge in [0.05, 0.1) is 7.11 Å². The van der Waals surface area contributed by atoms with Gasteiger partial charge in [0.2, 0.25) is 0 Å². The van der Waals surface area contributed by atoms with E-state index in [0.717, 1.165) is 12.9 Å². The third-order valence-corrected chi connectivity index (χ3v) is 1.97. The van der Waals surface area contributed by atoms with E-state index in [-0.39, 0.29) is 0 Å². The van der Waals surface area contributed by atoms with Crippen LogP contribution < -0.4 is 4.74 Å². The summed E-state index contributed by atoms with van der Waals surface area (Å²) in [6.45, 7) is 0. The first-order chi connectivity index (χ1) is 6.92. The normalized spacial score (nSPS) is 9.07. The van der Waals surface area contributed by atoms with Crippen molar-refractivity contribution in [2.24, 2.45) is 0 Å². The molecule has 0 spiro atoms. The second-order valence-corrected chi connectivity index (χ2v) is 2.68. The predicted octanol–water partition coefficient (Wildman–Crippen LogP) is 2.46. The van der Waals surface area contributed by atoms with Gasteiger partial charge >= 0.3 is 0 Å². The number of methoxy groups -OCH3 is 1. The van der Waals surface area contributed by atoms with Crippen molar-refractivity contribution in [3.05, 3.63) is 42.5 Å². The minimum Gasteiger partial charge on any atom is -0.496 e. The summed E-state index contributed by atoms with van der Waals surface area (Å²) in [4.78, 5) is 0. The van der Waals surface area contributed by atoms with Crippen LogP contribution >= 0.6 is 0 Å². The van der Waals surface area contributed by atoms with Gasteiger partial charge in [0, 0.05) is 12.5 Å². The van der Waals surface area contributed by atoms with Crippen molar-refractivity contribution >= 4 is 10.8 Å². The first kappa shape index (κ1) is 10.5. The highest BCUT2D eigenvalue weighted by molar-refractivity contribution is 5.88. The molecule has 2 aromatic carbocycles. The van der Waals surface area contributed by atoms with Crippen LogP contribution in [0.15, 0.2) is 42.5 Å². The lowest BCUT2D eigenvalue weighted by molar-refractivity contribution is 0.399. The molecule has 1 N–H and O–H groups in total. The highest BCUT2D eigenvalue weighted by Gasteiger charge is 1.96. The van der Waals surface area contributed by atoms with Gasteiger partial charge in [-0.2, -0.15) is 0 Å². The molecule has 0 saturated heterocycles. The number of ether oxygens (including phenoxy) is 1. The van der Waals surface area contributed by atoms with Crippen molar-refractivity contribution in [2.75, 3.05) is 14.2 Å². The average molecular weight is 190 g/mol. The van der Waals surface area contributed by atoms with Gasteiger partial charge in [0.1, 0.15) is 5.75 Å². The third kappa shape index (κ3) is 2.03. The Morgan fingerprint density at radius 1 is 0.929 bits per heavy atom. The van der Waals surface area contributed by atoms with Gasteiger partial charge in [-0.05, 0) is 11.5 Å². The van der Waals surface area contributed by atoms with Crippen LogP contribution in [0.25, 0.3) is 10.8 Å². The zero-order chi connectivity index (χ0) is 10.4. The van der Waals surface area contributed by atoms with Gasteiger partial charge in [0.15, 0.2) is 0 Å². The Kier molecular flexibility index (Phi) is 3.95. The Morgan fingerprint density at radius 3 is 2.29 bits per heavy atom. The van der Waals surface area contributed by atoms with E-state index in [4.69, 9.17) is 9.84 Å². The van der Waals surface area contributed by atoms with E-state index < -0.39 is 0 Å². The van der Waals surface area contributed by atoms with Crippen molar-refractivity contribution in [1.82, 2.24) is 0 Å². The first-order valence-corrected chi connectivity index (χ1v) is 4.38. The second kappa shape index (κ2) is 5.25. The summed E-state index contributed by atoms with van der Waals surface area (Å²) in [7, 11) is 2.70. The number of rotatable bonds is 1. The zero-order valence-corrected chi connectivity index (χ0v) is 8.40. The van der Waals surface area contributed by atoms with E-state index in [1.54, 1.807) is 7.11 Å².